The third-order valence-electron chi connectivity index (χ3n) is 6.08. The highest BCUT2D eigenvalue weighted by Crippen LogP contribution is 2.37. The van der Waals surface area contributed by atoms with Gasteiger partial charge in [0, 0.05) is 25.2 Å². The van der Waals surface area contributed by atoms with E-state index in [1.807, 2.05) is 17.9 Å². The molecule has 1 unspecified atom stereocenters. The lowest BCUT2D eigenvalue weighted by atomic mass is 9.96. The van der Waals surface area contributed by atoms with Gasteiger partial charge in [0.15, 0.2) is 0 Å². The lowest BCUT2D eigenvalue weighted by Gasteiger charge is -2.36. The average molecular weight is 533 g/mol. The van der Waals surface area contributed by atoms with E-state index >= 15 is 0 Å². The van der Waals surface area contributed by atoms with E-state index in [9.17, 15) is 24.4 Å². The van der Waals surface area contributed by atoms with Crippen LogP contribution in [0.1, 0.15) is 49.8 Å². The molecule has 1 N–H and O–H groups in total. The summed E-state index contributed by atoms with van der Waals surface area (Å²) in [5, 5.41) is 18.9. The number of thioether (sulfide) groups is 1. The van der Waals surface area contributed by atoms with E-state index in [0.717, 1.165) is 16.7 Å². The Kier molecular flexibility index (Phi) is 8.92. The minimum absolute atomic E-state index is 0.0292. The first kappa shape index (κ1) is 27.4. The molecule has 0 radical (unpaired) electrons. The number of carboxylic acids is 1. The molecule has 1 aromatic rings. The zero-order chi connectivity index (χ0) is 26.6. The number of hydrogen-bond acceptors (Lipinski definition) is 9. The molecule has 2 fully saturated rings. The number of carboxylic acid groups (broad SMARTS) is 1. The first-order chi connectivity index (χ1) is 17.1. The molecule has 0 saturated carbocycles. The number of amides is 1. The summed E-state index contributed by atoms with van der Waals surface area (Å²) >= 11 is 6.19. The van der Waals surface area contributed by atoms with Crippen molar-refractivity contribution in [3.05, 3.63) is 31.9 Å². The molecular weight excluding hydrogens is 504 g/mol. The van der Waals surface area contributed by atoms with Crippen LogP contribution in [0.5, 0.6) is 0 Å². The van der Waals surface area contributed by atoms with Gasteiger partial charge in [-0.1, -0.05) is 30.9 Å². The summed E-state index contributed by atoms with van der Waals surface area (Å²) in [5.74, 6) is -1.89. The van der Waals surface area contributed by atoms with E-state index < -0.39 is 24.0 Å². The fourth-order valence-corrected chi connectivity index (χ4v) is 5.68. The molecule has 36 heavy (non-hydrogen) atoms. The van der Waals surface area contributed by atoms with Gasteiger partial charge in [0.2, 0.25) is 0 Å². The molecule has 0 spiro atoms. The molecule has 12 heteroatoms. The summed E-state index contributed by atoms with van der Waals surface area (Å²) in [6.45, 7) is 6.27. The Morgan fingerprint density at radius 3 is 2.67 bits per heavy atom. The Hall–Kier alpha value is -3.17. The van der Waals surface area contributed by atoms with Gasteiger partial charge >= 0.3 is 11.9 Å². The lowest BCUT2D eigenvalue weighted by Crippen LogP contribution is -2.43. The summed E-state index contributed by atoms with van der Waals surface area (Å²) in [6.07, 6.45) is 3.55. The normalized spacial score (nSPS) is 19.1. The van der Waals surface area contributed by atoms with Gasteiger partial charge in [-0.2, -0.15) is 5.26 Å². The molecule has 1 aromatic heterocycles. The van der Waals surface area contributed by atoms with Crippen LogP contribution in [0, 0.1) is 24.2 Å². The number of nitriles is 1. The quantitative estimate of drug-likeness (QED) is 0.302. The van der Waals surface area contributed by atoms with E-state index in [-0.39, 0.29) is 33.3 Å². The topological polar surface area (TPSA) is 133 Å². The van der Waals surface area contributed by atoms with Crippen molar-refractivity contribution in [1.29, 1.82) is 5.26 Å². The van der Waals surface area contributed by atoms with E-state index in [4.69, 9.17) is 22.1 Å². The van der Waals surface area contributed by atoms with Crippen LogP contribution in [0.3, 0.4) is 0 Å². The smallest absolute Gasteiger partial charge is 0.323 e. The first-order valence-corrected chi connectivity index (χ1v) is 12.9. The Bertz CT molecular complexity index is 1230. The van der Waals surface area contributed by atoms with E-state index in [0.29, 0.717) is 55.8 Å². The second kappa shape index (κ2) is 11.7. The third kappa shape index (κ3) is 5.47. The van der Waals surface area contributed by atoms with Crippen LogP contribution < -0.4 is 10.5 Å². The van der Waals surface area contributed by atoms with Gasteiger partial charge in [0.05, 0.1) is 17.4 Å². The molecule has 10 nitrogen and oxygen atoms in total. The van der Waals surface area contributed by atoms with E-state index in [1.165, 1.54) is 4.57 Å². The largest absolute Gasteiger partial charge is 0.480 e. The highest BCUT2D eigenvalue weighted by molar-refractivity contribution is 8.26. The van der Waals surface area contributed by atoms with Gasteiger partial charge in [0.25, 0.3) is 11.5 Å². The monoisotopic (exact) mass is 532 g/mol. The average Bonchev–Trinajstić information content (AvgIpc) is 3.09. The van der Waals surface area contributed by atoms with Crippen LogP contribution in [0.2, 0.25) is 0 Å². The molecule has 3 rings (SSSR count). The van der Waals surface area contributed by atoms with Crippen LogP contribution in [0.4, 0.5) is 5.82 Å². The maximum absolute atomic E-state index is 13.3. The molecule has 2 aliphatic heterocycles. The number of carbonyl (C=O) groups is 3. The summed E-state index contributed by atoms with van der Waals surface area (Å²) < 4.78 is 6.88. The van der Waals surface area contributed by atoms with Crippen LogP contribution in [0.15, 0.2) is 9.70 Å². The van der Waals surface area contributed by atoms with E-state index in [1.54, 1.807) is 19.9 Å². The SMILES string of the molecule is CCCn1c(N2CCCC(C(=O)OCC)C2)c(/C=C2/SC(=S)N(CC(=O)O)C2=O)c(C)c(C#N)c1=O. The van der Waals surface area contributed by atoms with Gasteiger partial charge in [-0.05, 0) is 44.7 Å². The number of esters is 1. The molecule has 192 valence electrons. The molecule has 2 aliphatic rings. The number of anilines is 1. The maximum atomic E-state index is 13.3. The molecule has 1 amide bonds. The molecule has 1 atom stereocenters. The van der Waals surface area contributed by atoms with Gasteiger partial charge in [0.1, 0.15) is 28.3 Å². The molecule has 2 saturated heterocycles. The van der Waals surface area contributed by atoms with Crippen LogP contribution in [-0.2, 0) is 25.7 Å². The number of thiocarbonyl (C=S) groups is 1. The zero-order valence-electron chi connectivity index (χ0n) is 20.4. The second-order valence-corrected chi connectivity index (χ2v) is 10.2. The number of aliphatic carboxylic acids is 1. The molecular formula is C24H28N4O6S2. The van der Waals surface area contributed by atoms with Crippen molar-refractivity contribution in [1.82, 2.24) is 9.47 Å². The number of hydrogen-bond donors (Lipinski definition) is 1. The van der Waals surface area contributed by atoms with Crippen molar-refractivity contribution >= 4 is 58.0 Å². The number of pyridine rings is 1. The molecule has 0 bridgehead atoms. The zero-order valence-corrected chi connectivity index (χ0v) is 22.0. The minimum atomic E-state index is -1.19. The Balaban J connectivity index is 2.20. The lowest BCUT2D eigenvalue weighted by molar-refractivity contribution is -0.148. The highest BCUT2D eigenvalue weighted by Gasteiger charge is 2.35. The van der Waals surface area contributed by atoms with Crippen LogP contribution in [-0.4, -0.2) is 63.0 Å². The predicted molar refractivity (Wildman–Crippen MR) is 140 cm³/mol. The second-order valence-electron chi connectivity index (χ2n) is 8.50. The number of carbonyl (C=O) groups excluding carboxylic acids is 2. The van der Waals surface area contributed by atoms with E-state index in [2.05, 4.69) is 0 Å². The molecule has 3 heterocycles. The number of rotatable bonds is 8. The summed E-state index contributed by atoms with van der Waals surface area (Å²) in [7, 11) is 0. The number of piperidine rings is 1. The summed E-state index contributed by atoms with van der Waals surface area (Å²) in [5.41, 5.74) is 0.450. The fourth-order valence-electron chi connectivity index (χ4n) is 4.44. The third-order valence-corrected chi connectivity index (χ3v) is 7.45. The summed E-state index contributed by atoms with van der Waals surface area (Å²) in [4.78, 5) is 53.1. The Labute approximate surface area is 218 Å². The van der Waals surface area contributed by atoms with Crippen molar-refractivity contribution in [3.63, 3.8) is 0 Å². The Morgan fingerprint density at radius 2 is 2.06 bits per heavy atom. The minimum Gasteiger partial charge on any atom is -0.480 e. The predicted octanol–water partition coefficient (Wildman–Crippen LogP) is 2.50. The van der Waals surface area contributed by atoms with Crippen LogP contribution >= 0.6 is 24.0 Å². The van der Waals surface area contributed by atoms with Gasteiger partial charge in [-0.3, -0.25) is 28.6 Å². The standard InChI is InChI=1S/C24H28N4O6S2/c1-4-8-27-20(26-9-6-7-15(12-26)23(33)34-5-2)16(14(3)17(11-25)21(27)31)10-18-22(32)28(13-19(29)30)24(35)36-18/h10,15H,4-9,12-13H2,1-3H3,(H,29,30)/b18-10+. The first-order valence-electron chi connectivity index (χ1n) is 11.7. The van der Waals surface area contributed by atoms with Crippen molar-refractivity contribution in [3.8, 4) is 6.07 Å². The van der Waals surface area contributed by atoms with Crippen molar-refractivity contribution in [2.75, 3.05) is 31.1 Å². The van der Waals surface area contributed by atoms with Crippen LogP contribution in [0.25, 0.3) is 6.08 Å². The Morgan fingerprint density at radius 1 is 1.33 bits per heavy atom. The van der Waals surface area contributed by atoms with Crippen molar-refractivity contribution in [2.45, 2.75) is 46.6 Å². The molecule has 0 aromatic carbocycles. The van der Waals surface area contributed by atoms with Gasteiger partial charge in [-0.25, -0.2) is 0 Å². The summed E-state index contributed by atoms with van der Waals surface area (Å²) in [6, 6.07) is 2.00. The van der Waals surface area contributed by atoms with Crippen molar-refractivity contribution < 1.29 is 24.2 Å². The number of nitrogens with zero attached hydrogens (tertiary/aromatic N) is 4. The van der Waals surface area contributed by atoms with Gasteiger partial charge in [-0.15, -0.1) is 0 Å². The van der Waals surface area contributed by atoms with Crippen molar-refractivity contribution in [2.24, 2.45) is 5.92 Å². The molecule has 0 aliphatic carbocycles. The van der Waals surface area contributed by atoms with Gasteiger partial charge < -0.3 is 14.7 Å². The number of ether oxygens (including phenoxy) is 1. The maximum Gasteiger partial charge on any atom is 0.323 e. The highest BCUT2D eigenvalue weighted by atomic mass is 32.2. The fraction of sp³-hybridized carbons (Fsp3) is 0.500. The number of aromatic nitrogens is 1.